The Morgan fingerprint density at radius 1 is 1.19 bits per heavy atom. The Morgan fingerprint density at radius 3 is 2.85 bits per heavy atom. The van der Waals surface area contributed by atoms with Crippen LogP contribution in [0.3, 0.4) is 0 Å². The van der Waals surface area contributed by atoms with Crippen molar-refractivity contribution in [1.29, 1.82) is 0 Å². The first kappa shape index (κ1) is 17.6. The van der Waals surface area contributed by atoms with E-state index in [-0.39, 0.29) is 5.91 Å². The Bertz CT molecular complexity index is 933. The van der Waals surface area contributed by atoms with Crippen molar-refractivity contribution in [2.45, 2.75) is 19.9 Å². The zero-order chi connectivity index (χ0) is 18.6. The highest BCUT2D eigenvalue weighted by Gasteiger charge is 2.23. The van der Waals surface area contributed by atoms with Crippen molar-refractivity contribution in [3.8, 4) is 5.75 Å². The van der Waals surface area contributed by atoms with Crippen LogP contribution in [0.15, 0.2) is 52.9 Å². The molecule has 1 aromatic heterocycles. The summed E-state index contributed by atoms with van der Waals surface area (Å²) in [6.07, 6.45) is 0.949. The molecule has 0 bridgehead atoms. The van der Waals surface area contributed by atoms with E-state index in [1.807, 2.05) is 49.4 Å². The van der Waals surface area contributed by atoms with Crippen molar-refractivity contribution in [2.24, 2.45) is 0 Å². The number of rotatable bonds is 6. The molecule has 5 heteroatoms. The molecule has 1 N–H and O–H groups in total. The largest absolute Gasteiger partial charge is 0.490 e. The number of hydrogen-bond donors (Lipinski definition) is 1. The first-order chi connectivity index (χ1) is 13.3. The highest BCUT2D eigenvalue weighted by Crippen LogP contribution is 2.35. The zero-order valence-electron chi connectivity index (χ0n) is 15.5. The summed E-state index contributed by atoms with van der Waals surface area (Å²) >= 11 is 0. The number of nitrogens with one attached hydrogen (secondary N) is 1. The summed E-state index contributed by atoms with van der Waals surface area (Å²) in [6, 6.07) is 15.4. The van der Waals surface area contributed by atoms with E-state index in [0.29, 0.717) is 18.7 Å². The van der Waals surface area contributed by atoms with Gasteiger partial charge in [-0.2, -0.15) is 0 Å². The number of hydrogen-bond acceptors (Lipinski definition) is 4. The Morgan fingerprint density at radius 2 is 2.04 bits per heavy atom. The summed E-state index contributed by atoms with van der Waals surface area (Å²) in [4.78, 5) is 14.5. The Kier molecular flexibility index (Phi) is 5.12. The lowest BCUT2D eigenvalue weighted by atomic mass is 10.0. The second kappa shape index (κ2) is 7.84. The molecule has 1 amide bonds. The molecule has 140 valence electrons. The predicted octanol–water partition coefficient (Wildman–Crippen LogP) is 3.62. The van der Waals surface area contributed by atoms with Gasteiger partial charge < -0.3 is 14.5 Å². The third kappa shape index (κ3) is 3.69. The average molecular weight is 364 g/mol. The number of furan rings is 1. The number of fused-ring (bicyclic) bond motifs is 3. The highest BCUT2D eigenvalue weighted by molar-refractivity contribution is 5.94. The minimum Gasteiger partial charge on any atom is -0.490 e. The molecule has 0 radical (unpaired) electrons. The maximum absolute atomic E-state index is 12.1. The fourth-order valence-electron chi connectivity index (χ4n) is 3.63. The number of carbonyl (C=O) groups is 1. The van der Waals surface area contributed by atoms with Gasteiger partial charge in [0.15, 0.2) is 11.3 Å². The summed E-state index contributed by atoms with van der Waals surface area (Å²) < 4.78 is 11.8. The molecule has 3 aromatic rings. The number of para-hydroxylation sites is 1. The minimum atomic E-state index is -0.0293. The van der Waals surface area contributed by atoms with Gasteiger partial charge in [0.2, 0.25) is 0 Å². The zero-order valence-corrected chi connectivity index (χ0v) is 15.5. The van der Waals surface area contributed by atoms with Crippen molar-refractivity contribution in [2.75, 3.05) is 26.2 Å². The van der Waals surface area contributed by atoms with E-state index in [4.69, 9.17) is 9.15 Å². The summed E-state index contributed by atoms with van der Waals surface area (Å²) in [6.45, 7) is 5.74. The van der Waals surface area contributed by atoms with E-state index >= 15 is 0 Å². The summed E-state index contributed by atoms with van der Waals surface area (Å²) in [5.41, 5.74) is 2.83. The number of benzene rings is 2. The van der Waals surface area contributed by atoms with Gasteiger partial charge in [0.25, 0.3) is 5.91 Å². The lowest BCUT2D eigenvalue weighted by molar-refractivity contribution is 0.0946. The van der Waals surface area contributed by atoms with Crippen LogP contribution in [-0.2, 0) is 13.0 Å². The van der Waals surface area contributed by atoms with Gasteiger partial charge in [0.1, 0.15) is 5.76 Å². The molecule has 0 saturated carbocycles. The average Bonchev–Trinajstić information content (AvgIpc) is 3.08. The van der Waals surface area contributed by atoms with Gasteiger partial charge in [-0.25, -0.2) is 0 Å². The fourth-order valence-corrected chi connectivity index (χ4v) is 3.63. The standard InChI is InChI=1S/C22H24N2O3/c1-2-26-19-10-6-9-18-17-11-13-24(15-20(17)27-21(18)19)14-12-23-22(25)16-7-4-3-5-8-16/h3-10H,2,11-15H2,1H3,(H,23,25). The molecule has 27 heavy (non-hydrogen) atoms. The maximum Gasteiger partial charge on any atom is 0.251 e. The molecule has 5 nitrogen and oxygen atoms in total. The molecule has 0 atom stereocenters. The lowest BCUT2D eigenvalue weighted by Gasteiger charge is -2.25. The molecular formula is C22H24N2O3. The quantitative estimate of drug-likeness (QED) is 0.726. The second-order valence-corrected chi connectivity index (χ2v) is 6.72. The monoisotopic (exact) mass is 364 g/mol. The third-order valence-electron chi connectivity index (χ3n) is 4.96. The summed E-state index contributed by atoms with van der Waals surface area (Å²) in [5, 5.41) is 4.15. The van der Waals surface area contributed by atoms with Crippen LogP contribution < -0.4 is 10.1 Å². The predicted molar refractivity (Wildman–Crippen MR) is 105 cm³/mol. The van der Waals surface area contributed by atoms with E-state index in [1.54, 1.807) is 0 Å². The van der Waals surface area contributed by atoms with E-state index in [0.717, 1.165) is 48.5 Å². The Hall–Kier alpha value is -2.79. The van der Waals surface area contributed by atoms with Crippen LogP contribution in [0.1, 0.15) is 28.6 Å². The van der Waals surface area contributed by atoms with E-state index in [1.165, 1.54) is 5.56 Å². The van der Waals surface area contributed by atoms with E-state index in [2.05, 4.69) is 16.3 Å². The third-order valence-corrected chi connectivity index (χ3v) is 4.96. The molecular weight excluding hydrogens is 340 g/mol. The van der Waals surface area contributed by atoms with Crippen molar-refractivity contribution in [3.63, 3.8) is 0 Å². The van der Waals surface area contributed by atoms with Crippen molar-refractivity contribution < 1.29 is 13.9 Å². The number of carbonyl (C=O) groups excluding carboxylic acids is 1. The van der Waals surface area contributed by atoms with Crippen LogP contribution in [0.4, 0.5) is 0 Å². The molecule has 0 spiro atoms. The van der Waals surface area contributed by atoms with Crippen LogP contribution >= 0.6 is 0 Å². The minimum absolute atomic E-state index is 0.0293. The van der Waals surface area contributed by atoms with Crippen LogP contribution in [0.25, 0.3) is 11.0 Å². The van der Waals surface area contributed by atoms with Crippen LogP contribution in [0.5, 0.6) is 5.75 Å². The molecule has 2 heterocycles. The lowest BCUT2D eigenvalue weighted by Crippen LogP contribution is -2.37. The van der Waals surface area contributed by atoms with Crippen molar-refractivity contribution in [3.05, 3.63) is 65.4 Å². The van der Waals surface area contributed by atoms with Crippen molar-refractivity contribution >= 4 is 16.9 Å². The second-order valence-electron chi connectivity index (χ2n) is 6.72. The fraction of sp³-hybridized carbons (Fsp3) is 0.318. The Labute approximate surface area is 158 Å². The summed E-state index contributed by atoms with van der Waals surface area (Å²) in [5.74, 6) is 1.79. The number of nitrogens with zero attached hydrogens (tertiary/aromatic N) is 1. The molecule has 4 rings (SSSR count). The molecule has 0 saturated heterocycles. The molecule has 0 aliphatic carbocycles. The smallest absolute Gasteiger partial charge is 0.251 e. The SMILES string of the molecule is CCOc1cccc2c3c(oc12)CN(CCNC(=O)c1ccccc1)CC3. The van der Waals surface area contributed by atoms with Crippen LogP contribution in [0, 0.1) is 0 Å². The highest BCUT2D eigenvalue weighted by atomic mass is 16.5. The van der Waals surface area contributed by atoms with E-state index in [9.17, 15) is 4.79 Å². The van der Waals surface area contributed by atoms with Gasteiger partial charge in [-0.1, -0.05) is 30.3 Å². The number of amides is 1. The molecule has 1 aliphatic heterocycles. The normalized spacial score (nSPS) is 14.1. The van der Waals surface area contributed by atoms with Gasteiger partial charge >= 0.3 is 0 Å². The number of ether oxygens (including phenoxy) is 1. The maximum atomic E-state index is 12.1. The first-order valence-electron chi connectivity index (χ1n) is 9.48. The topological polar surface area (TPSA) is 54.7 Å². The van der Waals surface area contributed by atoms with Crippen LogP contribution in [0.2, 0.25) is 0 Å². The van der Waals surface area contributed by atoms with Crippen molar-refractivity contribution in [1.82, 2.24) is 10.2 Å². The van der Waals surface area contributed by atoms with Gasteiger partial charge in [-0.3, -0.25) is 9.69 Å². The summed E-state index contributed by atoms with van der Waals surface area (Å²) in [7, 11) is 0. The first-order valence-corrected chi connectivity index (χ1v) is 9.48. The molecule has 1 aliphatic rings. The van der Waals surface area contributed by atoms with Gasteiger partial charge in [-0.05, 0) is 31.5 Å². The van der Waals surface area contributed by atoms with E-state index < -0.39 is 0 Å². The van der Waals surface area contributed by atoms with Crippen LogP contribution in [-0.4, -0.2) is 37.0 Å². The van der Waals surface area contributed by atoms with Gasteiger partial charge in [0, 0.05) is 36.1 Å². The molecule has 0 unspecified atom stereocenters. The molecule has 0 fully saturated rings. The van der Waals surface area contributed by atoms with Gasteiger partial charge in [0.05, 0.1) is 13.2 Å². The Balaban J connectivity index is 1.39. The molecule has 2 aromatic carbocycles. The van der Waals surface area contributed by atoms with Gasteiger partial charge in [-0.15, -0.1) is 0 Å².